The number of nitrogens with one attached hydrogen (secondary N) is 3. The van der Waals surface area contributed by atoms with Crippen LogP contribution < -0.4 is 21.1 Å². The van der Waals surface area contributed by atoms with Crippen molar-refractivity contribution in [3.05, 3.63) is 81.7 Å². The van der Waals surface area contributed by atoms with Gasteiger partial charge in [0.2, 0.25) is 0 Å². The number of ether oxygens (including phenoxy) is 2. The van der Waals surface area contributed by atoms with E-state index >= 15 is 4.39 Å². The van der Waals surface area contributed by atoms with Gasteiger partial charge < -0.3 is 25.5 Å². The van der Waals surface area contributed by atoms with E-state index in [-0.39, 0.29) is 34.3 Å². The topological polar surface area (TPSA) is 118 Å². The maximum atomic E-state index is 15.2. The molecule has 4 aromatic rings. The van der Waals surface area contributed by atoms with Crippen molar-refractivity contribution in [3.8, 4) is 11.5 Å². The molecule has 3 aromatic carbocycles. The van der Waals surface area contributed by atoms with Crippen LogP contribution in [-0.4, -0.2) is 22.6 Å². The zero-order valence-electron chi connectivity index (χ0n) is 20.7. The monoisotopic (exact) mass is 558 g/mol. The first-order valence-electron chi connectivity index (χ1n) is 11.5. The lowest BCUT2D eigenvalue weighted by molar-refractivity contribution is 0.0635. The van der Waals surface area contributed by atoms with E-state index in [1.165, 1.54) is 30.3 Å². The molecule has 0 unspecified atom stereocenters. The predicted molar refractivity (Wildman–Crippen MR) is 147 cm³/mol. The van der Waals surface area contributed by atoms with E-state index in [2.05, 4.69) is 15.6 Å². The second-order valence-electron chi connectivity index (χ2n) is 9.47. The summed E-state index contributed by atoms with van der Waals surface area (Å²) in [5.74, 6) is -1.18. The summed E-state index contributed by atoms with van der Waals surface area (Å²) in [5.41, 5.74) is 7.09. The van der Waals surface area contributed by atoms with Crippen molar-refractivity contribution in [2.24, 2.45) is 0 Å². The summed E-state index contributed by atoms with van der Waals surface area (Å²) in [6.07, 6.45) is -0.586. The molecule has 38 heavy (non-hydrogen) atoms. The molecule has 0 fully saturated rings. The van der Waals surface area contributed by atoms with Gasteiger partial charge in [0, 0.05) is 45.5 Å². The standard InChI is InChI=1S/C27H25Cl2FN4O4/c1-27(2,3)38-26(36)33-18-5-7-21-15(8-18)9-22(34-21)25(35)32-13-14-4-6-20(29)24(23(14)30)37-19-11-16(28)10-17(31)12-19/h4-12,34H,13,31H2,1-3H3,(H,32,35)(H,33,36). The van der Waals surface area contributed by atoms with Crippen LogP contribution in [0.25, 0.3) is 10.9 Å². The summed E-state index contributed by atoms with van der Waals surface area (Å²) in [6, 6.07) is 14.2. The van der Waals surface area contributed by atoms with Crippen molar-refractivity contribution < 1.29 is 23.5 Å². The Bertz CT molecular complexity index is 1510. The van der Waals surface area contributed by atoms with Crippen LogP contribution in [0.15, 0.2) is 54.6 Å². The van der Waals surface area contributed by atoms with Gasteiger partial charge in [0.1, 0.15) is 17.0 Å². The van der Waals surface area contributed by atoms with Crippen molar-refractivity contribution in [1.29, 1.82) is 0 Å². The fourth-order valence-corrected chi connectivity index (χ4v) is 4.01. The normalized spacial score (nSPS) is 11.3. The number of amides is 2. The zero-order chi connectivity index (χ0) is 27.6. The third kappa shape index (κ3) is 6.67. The molecule has 1 heterocycles. The van der Waals surface area contributed by atoms with Crippen molar-refractivity contribution in [1.82, 2.24) is 10.3 Å². The van der Waals surface area contributed by atoms with Gasteiger partial charge in [-0.2, -0.15) is 0 Å². The lowest BCUT2D eigenvalue weighted by Gasteiger charge is -2.19. The summed E-state index contributed by atoms with van der Waals surface area (Å²) >= 11 is 12.1. The predicted octanol–water partition coefficient (Wildman–Crippen LogP) is 7.27. The van der Waals surface area contributed by atoms with Crippen molar-refractivity contribution >= 4 is 57.5 Å². The molecule has 0 saturated carbocycles. The number of nitrogens with two attached hydrogens (primary N) is 1. The minimum absolute atomic E-state index is 0.0440. The zero-order valence-corrected chi connectivity index (χ0v) is 22.3. The molecule has 198 valence electrons. The van der Waals surface area contributed by atoms with Crippen LogP contribution in [0.3, 0.4) is 0 Å². The number of carbonyl (C=O) groups excluding carboxylic acids is 2. The summed E-state index contributed by atoms with van der Waals surface area (Å²) in [4.78, 5) is 27.8. The van der Waals surface area contributed by atoms with Crippen molar-refractivity contribution in [2.45, 2.75) is 32.9 Å². The first-order valence-corrected chi connectivity index (χ1v) is 12.3. The molecule has 0 aliphatic rings. The van der Waals surface area contributed by atoms with E-state index in [1.54, 1.807) is 45.0 Å². The first-order chi connectivity index (χ1) is 17.9. The number of carbonyl (C=O) groups is 2. The molecule has 0 spiro atoms. The van der Waals surface area contributed by atoms with Gasteiger partial charge in [-0.1, -0.05) is 29.3 Å². The summed E-state index contributed by atoms with van der Waals surface area (Å²) in [5, 5.41) is 6.40. The second kappa shape index (κ2) is 10.8. The third-order valence-corrected chi connectivity index (χ3v) is 5.71. The molecular weight excluding hydrogens is 534 g/mol. The smallest absolute Gasteiger partial charge is 0.412 e. The van der Waals surface area contributed by atoms with E-state index in [0.29, 0.717) is 27.3 Å². The van der Waals surface area contributed by atoms with Gasteiger partial charge in [0.05, 0.1) is 5.02 Å². The van der Waals surface area contributed by atoms with Crippen LogP contribution >= 0.6 is 23.2 Å². The highest BCUT2D eigenvalue weighted by atomic mass is 35.5. The lowest BCUT2D eigenvalue weighted by Crippen LogP contribution is -2.27. The Hall–Kier alpha value is -3.95. The van der Waals surface area contributed by atoms with Crippen LogP contribution in [0.2, 0.25) is 10.0 Å². The fourth-order valence-electron chi connectivity index (χ4n) is 3.59. The number of aromatic nitrogens is 1. The van der Waals surface area contributed by atoms with Gasteiger partial charge in [-0.3, -0.25) is 10.1 Å². The highest BCUT2D eigenvalue weighted by Gasteiger charge is 2.18. The molecule has 0 bridgehead atoms. The molecule has 0 aliphatic heterocycles. The second-order valence-corrected chi connectivity index (χ2v) is 10.3. The molecule has 5 N–H and O–H groups in total. The molecule has 0 radical (unpaired) electrons. The molecule has 1 aromatic heterocycles. The number of halogens is 3. The largest absolute Gasteiger partial charge is 0.453 e. The number of benzene rings is 3. The van der Waals surface area contributed by atoms with Crippen LogP contribution in [0.4, 0.5) is 20.6 Å². The van der Waals surface area contributed by atoms with Gasteiger partial charge in [0.15, 0.2) is 11.6 Å². The van der Waals surface area contributed by atoms with Gasteiger partial charge in [-0.05, 0) is 63.2 Å². The molecular formula is C27H25Cl2FN4O4. The van der Waals surface area contributed by atoms with Gasteiger partial charge in [-0.25, -0.2) is 9.18 Å². The Labute approximate surface area is 228 Å². The summed E-state index contributed by atoms with van der Waals surface area (Å²) in [6.45, 7) is 5.18. The Morgan fingerprint density at radius 3 is 2.53 bits per heavy atom. The van der Waals surface area contributed by atoms with E-state index in [4.69, 9.17) is 38.4 Å². The minimum Gasteiger partial charge on any atom is -0.453 e. The maximum absolute atomic E-state index is 15.2. The first kappa shape index (κ1) is 27.1. The van der Waals surface area contributed by atoms with Gasteiger partial charge in [0.25, 0.3) is 5.91 Å². The molecule has 0 atom stereocenters. The maximum Gasteiger partial charge on any atom is 0.412 e. The summed E-state index contributed by atoms with van der Waals surface area (Å²) < 4.78 is 26.1. The van der Waals surface area contributed by atoms with Crippen LogP contribution in [0, 0.1) is 5.82 Å². The van der Waals surface area contributed by atoms with Crippen molar-refractivity contribution in [2.75, 3.05) is 11.1 Å². The number of hydrogen-bond acceptors (Lipinski definition) is 5. The number of H-pyrrole nitrogens is 1. The molecule has 8 nitrogen and oxygen atoms in total. The average Bonchev–Trinajstić information content (AvgIpc) is 3.23. The number of aromatic amines is 1. The van der Waals surface area contributed by atoms with E-state index in [0.717, 1.165) is 0 Å². The highest BCUT2D eigenvalue weighted by molar-refractivity contribution is 6.32. The quantitative estimate of drug-likeness (QED) is 0.185. The Morgan fingerprint density at radius 1 is 1.05 bits per heavy atom. The fraction of sp³-hybridized carbons (Fsp3) is 0.185. The summed E-state index contributed by atoms with van der Waals surface area (Å²) in [7, 11) is 0. The Kier molecular flexibility index (Phi) is 7.71. The van der Waals surface area contributed by atoms with E-state index in [9.17, 15) is 9.59 Å². The van der Waals surface area contributed by atoms with Crippen LogP contribution in [0.1, 0.15) is 36.8 Å². The average molecular weight is 559 g/mol. The number of nitrogen functional groups attached to an aromatic ring is 1. The third-order valence-electron chi connectivity index (χ3n) is 5.19. The number of rotatable bonds is 6. The van der Waals surface area contributed by atoms with Crippen LogP contribution in [-0.2, 0) is 11.3 Å². The molecule has 11 heteroatoms. The Balaban J connectivity index is 1.46. The van der Waals surface area contributed by atoms with Crippen molar-refractivity contribution in [3.63, 3.8) is 0 Å². The molecule has 0 saturated heterocycles. The highest BCUT2D eigenvalue weighted by Crippen LogP contribution is 2.35. The molecule has 2 amide bonds. The van der Waals surface area contributed by atoms with Gasteiger partial charge in [-0.15, -0.1) is 0 Å². The SMILES string of the molecule is CC(C)(C)OC(=O)Nc1ccc2[nH]c(C(=O)NCc3ccc(Cl)c(Oc4cc(N)cc(Cl)c4)c3F)cc2c1. The van der Waals surface area contributed by atoms with E-state index in [1.807, 2.05) is 0 Å². The van der Waals surface area contributed by atoms with Crippen LogP contribution in [0.5, 0.6) is 11.5 Å². The minimum atomic E-state index is -0.731. The lowest BCUT2D eigenvalue weighted by atomic mass is 10.2. The number of anilines is 2. The van der Waals surface area contributed by atoms with Gasteiger partial charge >= 0.3 is 6.09 Å². The Morgan fingerprint density at radius 2 is 1.82 bits per heavy atom. The molecule has 4 rings (SSSR count). The number of hydrogen-bond donors (Lipinski definition) is 4. The van der Waals surface area contributed by atoms with E-state index < -0.39 is 23.4 Å². The molecule has 0 aliphatic carbocycles. The number of fused-ring (bicyclic) bond motifs is 1.